The highest BCUT2D eigenvalue weighted by molar-refractivity contribution is 5.67. The molecule has 0 aliphatic rings. The highest BCUT2D eigenvalue weighted by Crippen LogP contribution is 2.14. The third-order valence-corrected chi connectivity index (χ3v) is 2.75. The van der Waals surface area contributed by atoms with Crippen LogP contribution in [0.25, 0.3) is 12.2 Å². The largest absolute Gasteiger partial charge is 0.358 e. The van der Waals surface area contributed by atoms with Crippen molar-refractivity contribution in [2.75, 3.05) is 0 Å². The van der Waals surface area contributed by atoms with Crippen LogP contribution in [0, 0.1) is 10.1 Å². The molecule has 0 aliphatic carbocycles. The predicted molar refractivity (Wildman–Crippen MR) is 70.0 cm³/mol. The molecule has 98 valence electrons. The van der Waals surface area contributed by atoms with Crippen LogP contribution in [0.15, 0.2) is 30.5 Å². The lowest BCUT2D eigenvalue weighted by Crippen LogP contribution is -1.98. The number of hydrogen-bond donors (Lipinski definition) is 0. The summed E-state index contributed by atoms with van der Waals surface area (Å²) in [5, 5.41) is 10.7. The number of aromatic nitrogens is 2. The smallest absolute Gasteiger partial charge is 0.342 e. The molecule has 0 N–H and O–H groups in total. The Morgan fingerprint density at radius 2 is 2.05 bits per heavy atom. The Bertz CT molecular complexity index is 617. The first-order chi connectivity index (χ1) is 9.11. The molecule has 5 nitrogen and oxygen atoms in total. The van der Waals surface area contributed by atoms with Crippen LogP contribution in [0.3, 0.4) is 0 Å². The monoisotopic (exact) mass is 261 g/mol. The van der Waals surface area contributed by atoms with Gasteiger partial charge in [-0.3, -0.25) is 0 Å². The van der Waals surface area contributed by atoms with Crippen LogP contribution < -0.4 is 0 Å². The molecule has 1 heterocycles. The Morgan fingerprint density at radius 3 is 2.58 bits per heavy atom. The van der Waals surface area contributed by atoms with E-state index in [4.69, 9.17) is 0 Å². The van der Waals surface area contributed by atoms with Crippen LogP contribution in [0.4, 0.5) is 10.2 Å². The van der Waals surface area contributed by atoms with Crippen molar-refractivity contribution in [3.05, 3.63) is 57.5 Å². The average Bonchev–Trinajstić information content (AvgIpc) is 2.78. The second-order valence-electron chi connectivity index (χ2n) is 4.00. The number of halogens is 1. The molecular formula is C13H12FN3O2. The summed E-state index contributed by atoms with van der Waals surface area (Å²) in [6.45, 7) is -0.491. The van der Waals surface area contributed by atoms with E-state index < -0.39 is 11.6 Å². The fraction of sp³-hybridized carbons (Fsp3) is 0.154. The first kappa shape index (κ1) is 12.9. The molecular weight excluding hydrogens is 249 g/mol. The Morgan fingerprint density at radius 1 is 1.37 bits per heavy atom. The lowest BCUT2D eigenvalue weighted by molar-refractivity contribution is -0.391. The maximum Gasteiger partial charge on any atom is 0.342 e. The average molecular weight is 261 g/mol. The Balaban J connectivity index is 2.20. The summed E-state index contributed by atoms with van der Waals surface area (Å²) in [5.74, 6) is 0.425. The quantitative estimate of drug-likeness (QED) is 0.628. The van der Waals surface area contributed by atoms with Gasteiger partial charge in [0.15, 0.2) is 0 Å². The molecule has 0 aliphatic heterocycles. The highest BCUT2D eigenvalue weighted by atomic mass is 19.1. The van der Waals surface area contributed by atoms with E-state index in [-0.39, 0.29) is 5.82 Å². The van der Waals surface area contributed by atoms with E-state index in [2.05, 4.69) is 4.98 Å². The zero-order valence-corrected chi connectivity index (χ0v) is 10.3. The molecule has 0 fully saturated rings. The van der Waals surface area contributed by atoms with E-state index in [1.807, 2.05) is 0 Å². The molecule has 0 unspecified atom stereocenters. The lowest BCUT2D eigenvalue weighted by Gasteiger charge is -1.96. The van der Waals surface area contributed by atoms with Crippen molar-refractivity contribution in [1.29, 1.82) is 0 Å². The van der Waals surface area contributed by atoms with Crippen molar-refractivity contribution >= 4 is 18.0 Å². The number of rotatable bonds is 4. The van der Waals surface area contributed by atoms with Gasteiger partial charge in [0, 0.05) is 6.08 Å². The van der Waals surface area contributed by atoms with E-state index >= 15 is 0 Å². The minimum Gasteiger partial charge on any atom is -0.358 e. The molecule has 1 aromatic carbocycles. The fourth-order valence-electron chi connectivity index (χ4n) is 1.63. The van der Waals surface area contributed by atoms with Crippen molar-refractivity contribution in [1.82, 2.24) is 9.55 Å². The Hall–Kier alpha value is -2.50. The van der Waals surface area contributed by atoms with Gasteiger partial charge in [-0.15, -0.1) is 0 Å². The first-order valence-electron chi connectivity index (χ1n) is 5.61. The van der Waals surface area contributed by atoms with Crippen LogP contribution in [0.2, 0.25) is 0 Å². The van der Waals surface area contributed by atoms with E-state index in [1.165, 1.54) is 10.8 Å². The van der Waals surface area contributed by atoms with Crippen molar-refractivity contribution in [3.63, 3.8) is 0 Å². The van der Waals surface area contributed by atoms with Crippen LogP contribution in [-0.2, 0) is 13.7 Å². The Kier molecular flexibility index (Phi) is 3.70. The summed E-state index contributed by atoms with van der Waals surface area (Å²) < 4.78 is 13.7. The van der Waals surface area contributed by atoms with Crippen LogP contribution in [0.5, 0.6) is 0 Å². The molecule has 0 saturated carbocycles. The van der Waals surface area contributed by atoms with Gasteiger partial charge in [0.25, 0.3) is 0 Å². The van der Waals surface area contributed by atoms with Crippen LogP contribution in [0.1, 0.15) is 17.0 Å². The lowest BCUT2D eigenvalue weighted by atomic mass is 10.1. The summed E-state index contributed by atoms with van der Waals surface area (Å²) in [7, 11) is 1.58. The second kappa shape index (κ2) is 5.43. The maximum atomic E-state index is 12.3. The van der Waals surface area contributed by atoms with Gasteiger partial charge in [-0.1, -0.05) is 24.3 Å². The standard InChI is InChI=1S/C13H12FN3O2/c1-16-12(15-9-13(16)17(18)19)7-6-10-2-4-11(8-14)5-3-10/h2-7,9H,8H2,1H3/b7-6+. The van der Waals surface area contributed by atoms with Crippen molar-refractivity contribution in [3.8, 4) is 0 Å². The molecule has 0 saturated heterocycles. The number of benzene rings is 1. The second-order valence-corrected chi connectivity index (χ2v) is 4.00. The fourth-order valence-corrected chi connectivity index (χ4v) is 1.63. The van der Waals surface area contributed by atoms with Crippen LogP contribution in [-0.4, -0.2) is 14.5 Å². The van der Waals surface area contributed by atoms with Crippen molar-refractivity contribution in [2.24, 2.45) is 7.05 Å². The highest BCUT2D eigenvalue weighted by Gasteiger charge is 2.13. The molecule has 2 rings (SSSR count). The Labute approximate surface area is 109 Å². The number of imidazole rings is 1. The van der Waals surface area contributed by atoms with Crippen LogP contribution >= 0.6 is 0 Å². The number of nitro groups is 1. The van der Waals surface area contributed by atoms with E-state index in [0.717, 1.165) is 5.56 Å². The van der Waals surface area contributed by atoms with Gasteiger partial charge in [0.2, 0.25) is 5.82 Å². The summed E-state index contributed by atoms with van der Waals surface area (Å²) in [6.07, 6.45) is 4.66. The summed E-state index contributed by atoms with van der Waals surface area (Å²) in [4.78, 5) is 14.1. The number of alkyl halides is 1. The van der Waals surface area contributed by atoms with Gasteiger partial charge < -0.3 is 10.1 Å². The SMILES string of the molecule is Cn1c([N+](=O)[O-])cnc1/C=C/c1ccc(CF)cc1. The predicted octanol–water partition coefficient (Wildman–Crippen LogP) is 2.97. The third kappa shape index (κ3) is 2.85. The van der Waals surface area contributed by atoms with E-state index in [0.29, 0.717) is 11.4 Å². The molecule has 2 aromatic rings. The maximum absolute atomic E-state index is 12.3. The first-order valence-corrected chi connectivity index (χ1v) is 5.61. The molecule has 0 amide bonds. The molecule has 0 radical (unpaired) electrons. The van der Waals surface area contributed by atoms with Gasteiger partial charge in [0.05, 0.1) is 7.05 Å². The minimum absolute atomic E-state index is 0.0626. The number of nitrogens with zero attached hydrogens (tertiary/aromatic N) is 3. The van der Waals surface area contributed by atoms with E-state index in [1.54, 1.807) is 43.5 Å². The normalized spacial score (nSPS) is 11.1. The molecule has 1 aromatic heterocycles. The van der Waals surface area contributed by atoms with Gasteiger partial charge in [-0.2, -0.15) is 0 Å². The molecule has 19 heavy (non-hydrogen) atoms. The molecule has 0 atom stereocenters. The van der Waals surface area contributed by atoms with Gasteiger partial charge in [0.1, 0.15) is 12.9 Å². The number of hydrogen-bond acceptors (Lipinski definition) is 3. The van der Waals surface area contributed by atoms with E-state index in [9.17, 15) is 14.5 Å². The zero-order chi connectivity index (χ0) is 13.8. The summed E-state index contributed by atoms with van der Waals surface area (Å²) in [6, 6.07) is 6.95. The molecule has 0 bridgehead atoms. The van der Waals surface area contributed by atoms with Crippen molar-refractivity contribution in [2.45, 2.75) is 6.67 Å². The van der Waals surface area contributed by atoms with Gasteiger partial charge >= 0.3 is 5.82 Å². The summed E-state index contributed by atoms with van der Waals surface area (Å²) in [5.41, 5.74) is 1.49. The molecule has 6 heteroatoms. The summed E-state index contributed by atoms with van der Waals surface area (Å²) >= 11 is 0. The zero-order valence-electron chi connectivity index (χ0n) is 10.3. The van der Waals surface area contributed by atoms with Gasteiger partial charge in [-0.05, 0) is 22.1 Å². The minimum atomic E-state index is -0.491. The topological polar surface area (TPSA) is 61.0 Å². The van der Waals surface area contributed by atoms with Gasteiger partial charge in [-0.25, -0.2) is 13.9 Å². The third-order valence-electron chi connectivity index (χ3n) is 2.75. The van der Waals surface area contributed by atoms with Crippen molar-refractivity contribution < 1.29 is 9.31 Å². The molecule has 0 spiro atoms.